The van der Waals surface area contributed by atoms with E-state index >= 15 is 0 Å². The normalized spacial score (nSPS) is 11.5. The number of nitrogens with zero attached hydrogens (tertiary/aromatic N) is 1. The van der Waals surface area contributed by atoms with Gasteiger partial charge in [-0.25, -0.2) is 4.79 Å². The van der Waals surface area contributed by atoms with E-state index in [1.807, 2.05) is 30.3 Å². The van der Waals surface area contributed by atoms with E-state index in [9.17, 15) is 4.79 Å². The molecule has 6 heteroatoms. The van der Waals surface area contributed by atoms with E-state index < -0.39 is 5.97 Å². The molecule has 0 fully saturated rings. The number of halogens is 2. The van der Waals surface area contributed by atoms with Gasteiger partial charge in [0, 0.05) is 10.0 Å². The van der Waals surface area contributed by atoms with Gasteiger partial charge in [0.05, 0.1) is 10.6 Å². The number of carbonyl (C=O) groups excluding carboxylic acids is 1. The van der Waals surface area contributed by atoms with Gasteiger partial charge in [-0.3, -0.25) is 0 Å². The van der Waals surface area contributed by atoms with Crippen molar-refractivity contribution in [3.63, 3.8) is 0 Å². The standard InChI is InChI=1S/C18H12BrClN2O2/c19-12-8-9-15(16(20)10-12)17(21)22-24-18(23)14-7-3-5-11-4-1-2-6-13(11)14/h1-10H,(H2,21,22). The lowest BCUT2D eigenvalue weighted by molar-refractivity contribution is 0.0518. The Morgan fingerprint density at radius 2 is 1.79 bits per heavy atom. The third-order valence-electron chi connectivity index (χ3n) is 3.44. The summed E-state index contributed by atoms with van der Waals surface area (Å²) >= 11 is 9.41. The molecule has 0 bridgehead atoms. The van der Waals surface area contributed by atoms with Crippen LogP contribution in [0.3, 0.4) is 0 Å². The first-order valence-electron chi connectivity index (χ1n) is 7.04. The van der Waals surface area contributed by atoms with Gasteiger partial charge in [-0.15, -0.1) is 0 Å². The molecule has 0 saturated carbocycles. The summed E-state index contributed by atoms with van der Waals surface area (Å²) in [5.74, 6) is -0.552. The minimum Gasteiger partial charge on any atom is -0.380 e. The highest BCUT2D eigenvalue weighted by Gasteiger charge is 2.12. The van der Waals surface area contributed by atoms with Crippen molar-refractivity contribution in [2.24, 2.45) is 10.9 Å². The van der Waals surface area contributed by atoms with Gasteiger partial charge in [-0.2, -0.15) is 0 Å². The molecule has 24 heavy (non-hydrogen) atoms. The van der Waals surface area contributed by atoms with Crippen molar-refractivity contribution in [1.29, 1.82) is 0 Å². The number of benzene rings is 3. The first-order valence-corrected chi connectivity index (χ1v) is 8.21. The lowest BCUT2D eigenvalue weighted by Gasteiger charge is -2.06. The number of amidine groups is 1. The maximum atomic E-state index is 12.3. The average Bonchev–Trinajstić information content (AvgIpc) is 2.59. The molecule has 0 aliphatic rings. The molecule has 0 amide bonds. The summed E-state index contributed by atoms with van der Waals surface area (Å²) in [7, 11) is 0. The molecule has 4 nitrogen and oxygen atoms in total. The summed E-state index contributed by atoms with van der Waals surface area (Å²) in [6.07, 6.45) is 0. The Balaban J connectivity index is 1.86. The van der Waals surface area contributed by atoms with E-state index in [1.54, 1.807) is 30.3 Å². The summed E-state index contributed by atoms with van der Waals surface area (Å²) in [5, 5.41) is 5.86. The number of fused-ring (bicyclic) bond motifs is 1. The van der Waals surface area contributed by atoms with Crippen LogP contribution in [0.4, 0.5) is 0 Å². The van der Waals surface area contributed by atoms with Gasteiger partial charge >= 0.3 is 5.97 Å². The second-order valence-electron chi connectivity index (χ2n) is 5.01. The first-order chi connectivity index (χ1) is 11.6. The molecule has 0 unspecified atom stereocenters. The molecule has 0 aliphatic heterocycles. The Bertz CT molecular complexity index is 951. The highest BCUT2D eigenvalue weighted by atomic mass is 79.9. The zero-order valence-electron chi connectivity index (χ0n) is 12.4. The Hall–Kier alpha value is -2.37. The zero-order valence-corrected chi connectivity index (χ0v) is 14.7. The Morgan fingerprint density at radius 1 is 1.04 bits per heavy atom. The van der Waals surface area contributed by atoms with Gasteiger partial charge in [0.25, 0.3) is 0 Å². The third-order valence-corrected chi connectivity index (χ3v) is 4.25. The van der Waals surface area contributed by atoms with Crippen LogP contribution in [0.25, 0.3) is 10.8 Å². The molecular formula is C18H12BrClN2O2. The van der Waals surface area contributed by atoms with Crippen LogP contribution < -0.4 is 5.73 Å². The Labute approximate surface area is 152 Å². The van der Waals surface area contributed by atoms with Crippen molar-refractivity contribution < 1.29 is 9.63 Å². The van der Waals surface area contributed by atoms with Gasteiger partial charge < -0.3 is 10.6 Å². The maximum Gasteiger partial charge on any atom is 0.366 e. The van der Waals surface area contributed by atoms with E-state index in [1.165, 1.54) is 0 Å². The third kappa shape index (κ3) is 3.42. The monoisotopic (exact) mass is 402 g/mol. The molecule has 3 aromatic rings. The number of hydrogen-bond donors (Lipinski definition) is 1. The predicted molar refractivity (Wildman–Crippen MR) is 99.2 cm³/mol. The fraction of sp³-hybridized carbons (Fsp3) is 0. The van der Waals surface area contributed by atoms with Crippen molar-refractivity contribution >= 4 is 50.1 Å². The highest BCUT2D eigenvalue weighted by Crippen LogP contribution is 2.22. The van der Waals surface area contributed by atoms with E-state index in [2.05, 4.69) is 21.1 Å². The van der Waals surface area contributed by atoms with Crippen LogP contribution in [0.15, 0.2) is 70.3 Å². The minimum atomic E-state index is -0.581. The van der Waals surface area contributed by atoms with Crippen molar-refractivity contribution in [3.05, 3.63) is 81.3 Å². The molecule has 0 aromatic heterocycles. The van der Waals surface area contributed by atoms with Crippen molar-refractivity contribution in [1.82, 2.24) is 0 Å². The zero-order chi connectivity index (χ0) is 17.1. The summed E-state index contributed by atoms with van der Waals surface area (Å²) in [6, 6.07) is 18.1. The van der Waals surface area contributed by atoms with Crippen molar-refractivity contribution in [2.45, 2.75) is 0 Å². The SMILES string of the molecule is N/C(=N/OC(=O)c1cccc2ccccc12)c1ccc(Br)cc1Cl. The molecule has 0 saturated heterocycles. The molecule has 0 spiro atoms. The topological polar surface area (TPSA) is 64.7 Å². The Kier molecular flexibility index (Phi) is 4.83. The molecule has 120 valence electrons. The maximum absolute atomic E-state index is 12.3. The molecule has 0 aliphatic carbocycles. The molecular weight excluding hydrogens is 392 g/mol. The van der Waals surface area contributed by atoms with Crippen LogP contribution in [0.1, 0.15) is 15.9 Å². The predicted octanol–water partition coefficient (Wildman–Crippen LogP) is 4.73. The van der Waals surface area contributed by atoms with E-state index in [-0.39, 0.29) is 5.84 Å². The molecule has 2 N–H and O–H groups in total. The van der Waals surface area contributed by atoms with Gasteiger partial charge in [0.2, 0.25) is 0 Å². The second-order valence-corrected chi connectivity index (χ2v) is 6.33. The molecule has 3 rings (SSSR count). The van der Waals surface area contributed by atoms with Crippen LogP contribution in [-0.2, 0) is 4.84 Å². The van der Waals surface area contributed by atoms with Gasteiger partial charge in [0.1, 0.15) is 0 Å². The number of oxime groups is 1. The number of carbonyl (C=O) groups is 1. The number of nitrogens with two attached hydrogens (primary N) is 1. The molecule has 3 aromatic carbocycles. The number of hydrogen-bond acceptors (Lipinski definition) is 3. The van der Waals surface area contributed by atoms with Crippen LogP contribution >= 0.6 is 27.5 Å². The van der Waals surface area contributed by atoms with E-state index in [0.29, 0.717) is 16.1 Å². The average molecular weight is 404 g/mol. The molecule has 0 radical (unpaired) electrons. The van der Waals surface area contributed by atoms with Gasteiger partial charge in [-0.1, -0.05) is 69.1 Å². The first kappa shape index (κ1) is 16.5. The van der Waals surface area contributed by atoms with E-state index in [0.717, 1.165) is 15.2 Å². The fourth-order valence-electron chi connectivity index (χ4n) is 2.29. The number of rotatable bonds is 3. The largest absolute Gasteiger partial charge is 0.380 e. The Morgan fingerprint density at radius 3 is 2.58 bits per heavy atom. The second kappa shape index (κ2) is 7.03. The minimum absolute atomic E-state index is 0.0288. The smallest absolute Gasteiger partial charge is 0.366 e. The van der Waals surface area contributed by atoms with Crippen LogP contribution in [0.5, 0.6) is 0 Å². The van der Waals surface area contributed by atoms with Crippen molar-refractivity contribution in [2.75, 3.05) is 0 Å². The van der Waals surface area contributed by atoms with Gasteiger partial charge in [0.15, 0.2) is 5.84 Å². The van der Waals surface area contributed by atoms with Crippen LogP contribution in [-0.4, -0.2) is 11.8 Å². The summed E-state index contributed by atoms with van der Waals surface area (Å²) in [4.78, 5) is 17.3. The molecule has 0 atom stereocenters. The quantitative estimate of drug-likeness (QED) is 0.297. The summed E-state index contributed by atoms with van der Waals surface area (Å²) < 4.78 is 0.816. The summed E-state index contributed by atoms with van der Waals surface area (Å²) in [6.45, 7) is 0. The lowest BCUT2D eigenvalue weighted by Crippen LogP contribution is -2.16. The fourth-order valence-corrected chi connectivity index (χ4v) is 3.06. The van der Waals surface area contributed by atoms with Crippen LogP contribution in [0, 0.1) is 0 Å². The van der Waals surface area contributed by atoms with Gasteiger partial charge in [-0.05, 0) is 35.0 Å². The van der Waals surface area contributed by atoms with Crippen LogP contribution in [0.2, 0.25) is 5.02 Å². The lowest BCUT2D eigenvalue weighted by atomic mass is 10.1. The highest BCUT2D eigenvalue weighted by molar-refractivity contribution is 9.10. The van der Waals surface area contributed by atoms with E-state index in [4.69, 9.17) is 22.2 Å². The van der Waals surface area contributed by atoms with Crippen molar-refractivity contribution in [3.8, 4) is 0 Å². The molecule has 0 heterocycles. The summed E-state index contributed by atoms with van der Waals surface area (Å²) in [5.41, 5.74) is 6.77.